The second-order valence-corrected chi connectivity index (χ2v) is 5.79. The first-order valence-corrected chi connectivity index (χ1v) is 8.70. The third kappa shape index (κ3) is 3.64. The molecule has 1 aromatic heterocycles. The summed E-state index contributed by atoms with van der Waals surface area (Å²) in [5.74, 6) is 2.88. The van der Waals surface area contributed by atoms with Gasteiger partial charge in [-0.15, -0.1) is 0 Å². The van der Waals surface area contributed by atoms with Gasteiger partial charge in [0.05, 0.1) is 19.7 Å². The zero-order valence-corrected chi connectivity index (χ0v) is 15.6. The Morgan fingerprint density at radius 1 is 0.923 bits per heavy atom. The maximum Gasteiger partial charge on any atom is 0.229 e. The lowest BCUT2D eigenvalue weighted by Crippen LogP contribution is -2.23. The van der Waals surface area contributed by atoms with Gasteiger partial charge in [0.15, 0.2) is 0 Å². The lowest BCUT2D eigenvalue weighted by Gasteiger charge is -2.22. The summed E-state index contributed by atoms with van der Waals surface area (Å²) in [7, 11) is 3.26. The van der Waals surface area contributed by atoms with Crippen molar-refractivity contribution in [2.75, 3.05) is 37.5 Å². The number of hydrogen-bond donors (Lipinski definition) is 1. The molecule has 2 aromatic carbocycles. The predicted octanol–water partition coefficient (Wildman–Crippen LogP) is 4.24. The zero-order chi connectivity index (χ0) is 18.5. The molecule has 26 heavy (non-hydrogen) atoms. The Hall–Kier alpha value is -3.02. The van der Waals surface area contributed by atoms with Gasteiger partial charge in [-0.05, 0) is 26.0 Å². The average Bonchev–Trinajstić information content (AvgIpc) is 2.68. The van der Waals surface area contributed by atoms with Gasteiger partial charge in [-0.3, -0.25) is 0 Å². The lowest BCUT2D eigenvalue weighted by atomic mass is 10.2. The Balaban J connectivity index is 2.05. The fourth-order valence-electron chi connectivity index (χ4n) is 2.89. The molecule has 0 radical (unpaired) electrons. The molecule has 1 N–H and O–H groups in total. The van der Waals surface area contributed by atoms with Crippen LogP contribution in [0.3, 0.4) is 0 Å². The maximum atomic E-state index is 5.33. The van der Waals surface area contributed by atoms with Crippen molar-refractivity contribution in [3.05, 3.63) is 42.5 Å². The van der Waals surface area contributed by atoms with E-state index in [4.69, 9.17) is 14.5 Å². The molecular formula is C20H24N4O2. The molecule has 136 valence electrons. The van der Waals surface area contributed by atoms with Gasteiger partial charge >= 0.3 is 0 Å². The number of methoxy groups -OCH3 is 2. The molecular weight excluding hydrogens is 328 g/mol. The van der Waals surface area contributed by atoms with Crippen LogP contribution in [0, 0.1) is 0 Å². The first kappa shape index (κ1) is 17.8. The van der Waals surface area contributed by atoms with E-state index in [1.165, 1.54) is 0 Å². The third-order valence-corrected chi connectivity index (χ3v) is 4.25. The van der Waals surface area contributed by atoms with Gasteiger partial charge in [-0.25, -0.2) is 4.98 Å². The van der Waals surface area contributed by atoms with Crippen molar-refractivity contribution in [3.63, 3.8) is 0 Å². The topological polar surface area (TPSA) is 59.5 Å². The van der Waals surface area contributed by atoms with Crippen molar-refractivity contribution >= 4 is 28.4 Å². The van der Waals surface area contributed by atoms with Crippen molar-refractivity contribution in [1.82, 2.24) is 9.97 Å². The van der Waals surface area contributed by atoms with Crippen molar-refractivity contribution < 1.29 is 9.47 Å². The van der Waals surface area contributed by atoms with Crippen molar-refractivity contribution in [2.45, 2.75) is 13.8 Å². The van der Waals surface area contributed by atoms with Crippen molar-refractivity contribution in [3.8, 4) is 11.5 Å². The molecule has 0 saturated carbocycles. The number of nitrogens with one attached hydrogen (secondary N) is 1. The second kappa shape index (κ2) is 7.91. The minimum atomic E-state index is 0.543. The molecule has 0 atom stereocenters. The highest BCUT2D eigenvalue weighted by molar-refractivity contribution is 5.90. The monoisotopic (exact) mass is 352 g/mol. The van der Waals surface area contributed by atoms with Crippen LogP contribution in [0.2, 0.25) is 0 Å². The van der Waals surface area contributed by atoms with Gasteiger partial charge in [0.1, 0.15) is 17.3 Å². The largest absolute Gasteiger partial charge is 0.497 e. The van der Waals surface area contributed by atoms with Gasteiger partial charge in [0, 0.05) is 42.4 Å². The molecule has 0 spiro atoms. The van der Waals surface area contributed by atoms with E-state index in [1.807, 2.05) is 36.4 Å². The minimum Gasteiger partial charge on any atom is -0.497 e. The summed E-state index contributed by atoms with van der Waals surface area (Å²) in [6.07, 6.45) is 0. The van der Waals surface area contributed by atoms with Crippen LogP contribution in [-0.2, 0) is 0 Å². The molecule has 0 aliphatic rings. The molecule has 1 heterocycles. The third-order valence-electron chi connectivity index (χ3n) is 4.25. The first-order valence-electron chi connectivity index (χ1n) is 8.70. The molecule has 0 aliphatic carbocycles. The highest BCUT2D eigenvalue weighted by Gasteiger charge is 2.13. The number of ether oxygens (including phenoxy) is 2. The SMILES string of the molecule is CCN(CC)c1nc(Nc2cc(OC)cc(OC)c2)nc2ccccc12. The summed E-state index contributed by atoms with van der Waals surface area (Å²) in [6, 6.07) is 13.7. The van der Waals surface area contributed by atoms with E-state index in [0.29, 0.717) is 17.4 Å². The van der Waals surface area contributed by atoms with Gasteiger partial charge in [-0.2, -0.15) is 4.98 Å². The number of aromatic nitrogens is 2. The number of benzene rings is 2. The molecule has 3 aromatic rings. The smallest absolute Gasteiger partial charge is 0.229 e. The number of nitrogens with zero attached hydrogens (tertiary/aromatic N) is 3. The summed E-state index contributed by atoms with van der Waals surface area (Å²) in [5, 5.41) is 4.33. The van der Waals surface area contributed by atoms with E-state index < -0.39 is 0 Å². The van der Waals surface area contributed by atoms with Crippen molar-refractivity contribution in [2.24, 2.45) is 0 Å². The van der Waals surface area contributed by atoms with Gasteiger partial charge < -0.3 is 19.7 Å². The molecule has 0 unspecified atom stereocenters. The molecule has 0 amide bonds. The summed E-state index contributed by atoms with van der Waals surface area (Å²) >= 11 is 0. The quantitative estimate of drug-likeness (QED) is 0.686. The molecule has 0 fully saturated rings. The van der Waals surface area contributed by atoms with E-state index in [1.54, 1.807) is 14.2 Å². The van der Waals surface area contributed by atoms with E-state index in [0.717, 1.165) is 35.5 Å². The molecule has 0 saturated heterocycles. The highest BCUT2D eigenvalue weighted by Crippen LogP contribution is 2.30. The lowest BCUT2D eigenvalue weighted by molar-refractivity contribution is 0.395. The van der Waals surface area contributed by atoms with E-state index >= 15 is 0 Å². The number of anilines is 3. The Morgan fingerprint density at radius 3 is 2.19 bits per heavy atom. The van der Waals surface area contributed by atoms with E-state index in [2.05, 4.69) is 35.1 Å². The summed E-state index contributed by atoms with van der Waals surface area (Å²) < 4.78 is 10.7. The zero-order valence-electron chi connectivity index (χ0n) is 15.6. The Bertz CT molecular complexity index is 872. The summed E-state index contributed by atoms with van der Waals surface area (Å²) in [5.41, 5.74) is 1.71. The van der Waals surface area contributed by atoms with E-state index in [-0.39, 0.29) is 0 Å². The van der Waals surface area contributed by atoms with Gasteiger partial charge in [0.2, 0.25) is 5.95 Å². The van der Waals surface area contributed by atoms with Crippen LogP contribution in [0.25, 0.3) is 10.9 Å². The van der Waals surface area contributed by atoms with Gasteiger partial charge in [-0.1, -0.05) is 12.1 Å². The summed E-state index contributed by atoms with van der Waals surface area (Å²) in [4.78, 5) is 11.7. The summed E-state index contributed by atoms with van der Waals surface area (Å²) in [6.45, 7) is 6.01. The minimum absolute atomic E-state index is 0.543. The second-order valence-electron chi connectivity index (χ2n) is 5.79. The molecule has 6 heteroatoms. The Morgan fingerprint density at radius 2 is 1.58 bits per heavy atom. The molecule has 6 nitrogen and oxygen atoms in total. The number of fused-ring (bicyclic) bond motifs is 1. The molecule has 0 aliphatic heterocycles. The van der Waals surface area contributed by atoms with Crippen LogP contribution in [0.4, 0.5) is 17.5 Å². The fourth-order valence-corrected chi connectivity index (χ4v) is 2.89. The molecule has 0 bridgehead atoms. The highest BCUT2D eigenvalue weighted by atomic mass is 16.5. The number of hydrogen-bond acceptors (Lipinski definition) is 6. The predicted molar refractivity (Wildman–Crippen MR) is 106 cm³/mol. The van der Waals surface area contributed by atoms with Crippen LogP contribution in [0.15, 0.2) is 42.5 Å². The standard InChI is InChI=1S/C20H24N4O2/c1-5-24(6-2)19-17-9-7-8-10-18(17)22-20(23-19)21-14-11-15(25-3)13-16(12-14)26-4/h7-13H,5-6H2,1-4H3,(H,21,22,23). The molecule has 3 rings (SSSR count). The fraction of sp³-hybridized carbons (Fsp3) is 0.300. The normalized spacial score (nSPS) is 10.6. The van der Waals surface area contributed by atoms with Gasteiger partial charge in [0.25, 0.3) is 0 Å². The first-order chi connectivity index (χ1) is 12.7. The maximum absolute atomic E-state index is 5.33. The van der Waals surface area contributed by atoms with Crippen LogP contribution < -0.4 is 19.7 Å². The van der Waals surface area contributed by atoms with Crippen LogP contribution in [0.1, 0.15) is 13.8 Å². The Labute approximate surface area is 153 Å². The van der Waals surface area contributed by atoms with Crippen LogP contribution in [-0.4, -0.2) is 37.3 Å². The van der Waals surface area contributed by atoms with Crippen LogP contribution in [0.5, 0.6) is 11.5 Å². The van der Waals surface area contributed by atoms with Crippen molar-refractivity contribution in [1.29, 1.82) is 0 Å². The van der Waals surface area contributed by atoms with Crippen LogP contribution >= 0.6 is 0 Å². The van der Waals surface area contributed by atoms with E-state index in [9.17, 15) is 0 Å². The average molecular weight is 352 g/mol. The number of rotatable bonds is 7. The Kier molecular flexibility index (Phi) is 5.41. The number of para-hydroxylation sites is 1.